The highest BCUT2D eigenvalue weighted by atomic mass is 127. The summed E-state index contributed by atoms with van der Waals surface area (Å²) in [5.74, 6) is 0.934. The molecule has 0 aliphatic rings. The van der Waals surface area contributed by atoms with Gasteiger partial charge in [0.15, 0.2) is 3.77 Å². The second kappa shape index (κ2) is 5.97. The van der Waals surface area contributed by atoms with E-state index in [1.165, 1.54) is 0 Å². The summed E-state index contributed by atoms with van der Waals surface area (Å²) in [4.78, 5) is 2.08. The zero-order valence-corrected chi connectivity index (χ0v) is 13.9. The van der Waals surface area contributed by atoms with Crippen molar-refractivity contribution in [3.8, 4) is 0 Å². The van der Waals surface area contributed by atoms with Gasteiger partial charge in [-0.3, -0.25) is 0 Å². The second-order valence-corrected chi connectivity index (χ2v) is 6.09. The molecule has 0 bridgehead atoms. The number of nitrogens with one attached hydrogen (secondary N) is 1. The van der Waals surface area contributed by atoms with E-state index in [2.05, 4.69) is 60.9 Å². The highest BCUT2D eigenvalue weighted by Gasteiger charge is 2.06. The van der Waals surface area contributed by atoms with Gasteiger partial charge in [0.25, 0.3) is 0 Å². The van der Waals surface area contributed by atoms with Gasteiger partial charge in [-0.25, -0.2) is 0 Å². The third kappa shape index (κ3) is 3.41. The van der Waals surface area contributed by atoms with E-state index in [-0.39, 0.29) is 0 Å². The van der Waals surface area contributed by atoms with Crippen molar-refractivity contribution in [2.24, 2.45) is 0 Å². The number of rotatable bonds is 4. The van der Waals surface area contributed by atoms with Crippen LogP contribution in [0, 0.1) is 3.77 Å². The molecule has 2 rings (SSSR count). The highest BCUT2D eigenvalue weighted by Crippen LogP contribution is 2.28. The van der Waals surface area contributed by atoms with Gasteiger partial charge in [0.1, 0.15) is 5.76 Å². The van der Waals surface area contributed by atoms with Crippen LogP contribution < -0.4 is 10.2 Å². The maximum Gasteiger partial charge on any atom is 0.164 e. The van der Waals surface area contributed by atoms with Gasteiger partial charge >= 0.3 is 0 Å². The van der Waals surface area contributed by atoms with Crippen molar-refractivity contribution in [3.05, 3.63) is 44.3 Å². The van der Waals surface area contributed by atoms with Crippen LogP contribution in [0.2, 0.25) is 0 Å². The molecular formula is C13H14BrIN2O. The molecule has 0 aliphatic carbocycles. The molecular weight excluding hydrogens is 407 g/mol. The minimum absolute atomic E-state index is 0.681. The molecule has 0 atom stereocenters. The lowest BCUT2D eigenvalue weighted by atomic mass is 10.2. The molecule has 3 nitrogen and oxygen atoms in total. The smallest absolute Gasteiger partial charge is 0.164 e. The zero-order valence-electron chi connectivity index (χ0n) is 10.2. The van der Waals surface area contributed by atoms with E-state index in [1.54, 1.807) is 0 Å². The van der Waals surface area contributed by atoms with Crippen LogP contribution in [0.5, 0.6) is 0 Å². The van der Waals surface area contributed by atoms with Crippen molar-refractivity contribution in [1.82, 2.24) is 0 Å². The van der Waals surface area contributed by atoms with Gasteiger partial charge in [-0.15, -0.1) is 0 Å². The first kappa shape index (κ1) is 13.7. The van der Waals surface area contributed by atoms with E-state index in [0.29, 0.717) is 6.54 Å². The lowest BCUT2D eigenvalue weighted by Crippen LogP contribution is -2.12. The lowest BCUT2D eigenvalue weighted by molar-refractivity contribution is 0.493. The molecule has 0 spiro atoms. The van der Waals surface area contributed by atoms with E-state index in [4.69, 9.17) is 4.42 Å². The Hall–Kier alpha value is -0.690. The molecule has 5 heteroatoms. The van der Waals surface area contributed by atoms with Gasteiger partial charge in [-0.1, -0.05) is 15.9 Å². The summed E-state index contributed by atoms with van der Waals surface area (Å²) in [7, 11) is 4.06. The minimum Gasteiger partial charge on any atom is -0.454 e. The summed E-state index contributed by atoms with van der Waals surface area (Å²) in [6.45, 7) is 0.681. The SMILES string of the molecule is CN(C)c1ccc(Br)cc1NCc1ccc(I)o1. The Labute approximate surface area is 129 Å². The Morgan fingerprint density at radius 2 is 2.06 bits per heavy atom. The van der Waals surface area contributed by atoms with Crippen molar-refractivity contribution in [2.45, 2.75) is 6.54 Å². The van der Waals surface area contributed by atoms with Crippen LogP contribution in [0.25, 0.3) is 0 Å². The van der Waals surface area contributed by atoms with Crippen LogP contribution >= 0.6 is 38.5 Å². The molecule has 0 saturated carbocycles. The van der Waals surface area contributed by atoms with E-state index < -0.39 is 0 Å². The molecule has 0 fully saturated rings. The molecule has 1 aromatic carbocycles. The average Bonchev–Trinajstić information content (AvgIpc) is 2.72. The fourth-order valence-corrected chi connectivity index (χ4v) is 2.49. The Balaban J connectivity index is 2.15. The summed E-state index contributed by atoms with van der Waals surface area (Å²) in [6.07, 6.45) is 0. The Morgan fingerprint density at radius 3 is 2.67 bits per heavy atom. The van der Waals surface area contributed by atoms with Gasteiger partial charge in [0.05, 0.1) is 17.9 Å². The van der Waals surface area contributed by atoms with Crippen molar-refractivity contribution >= 4 is 49.9 Å². The van der Waals surface area contributed by atoms with Crippen molar-refractivity contribution < 1.29 is 4.42 Å². The largest absolute Gasteiger partial charge is 0.454 e. The Kier molecular flexibility index (Phi) is 4.55. The van der Waals surface area contributed by atoms with Crippen LogP contribution in [0.3, 0.4) is 0 Å². The fourth-order valence-electron chi connectivity index (χ4n) is 1.67. The number of anilines is 2. The van der Waals surface area contributed by atoms with Crippen LogP contribution in [-0.2, 0) is 6.54 Å². The zero-order chi connectivity index (χ0) is 13.1. The monoisotopic (exact) mass is 420 g/mol. The molecule has 0 saturated heterocycles. The minimum atomic E-state index is 0.681. The molecule has 1 N–H and O–H groups in total. The summed E-state index contributed by atoms with van der Waals surface area (Å²) in [5, 5.41) is 3.40. The van der Waals surface area contributed by atoms with Crippen LogP contribution in [0.1, 0.15) is 5.76 Å². The number of halogens is 2. The average molecular weight is 421 g/mol. The van der Waals surface area contributed by atoms with Crippen LogP contribution in [0.4, 0.5) is 11.4 Å². The summed E-state index contributed by atoms with van der Waals surface area (Å²) >= 11 is 5.66. The topological polar surface area (TPSA) is 28.4 Å². The molecule has 18 heavy (non-hydrogen) atoms. The third-order valence-corrected chi connectivity index (χ3v) is 3.60. The first-order valence-corrected chi connectivity index (χ1v) is 7.38. The van der Waals surface area contributed by atoms with Gasteiger partial charge in [0, 0.05) is 18.6 Å². The van der Waals surface area contributed by atoms with E-state index in [0.717, 1.165) is 25.4 Å². The summed E-state index contributed by atoms with van der Waals surface area (Å²) < 4.78 is 7.50. The summed E-state index contributed by atoms with van der Waals surface area (Å²) in [5.41, 5.74) is 2.24. The summed E-state index contributed by atoms with van der Waals surface area (Å²) in [6, 6.07) is 10.1. The standard InChI is InChI=1S/C13H14BrIN2O/c1-17(2)12-5-3-9(14)7-11(12)16-8-10-4-6-13(15)18-10/h3-7,16H,8H2,1-2H3. The van der Waals surface area contributed by atoms with Gasteiger partial charge in [-0.05, 0) is 52.9 Å². The maximum absolute atomic E-state index is 5.53. The molecule has 2 aromatic rings. The second-order valence-electron chi connectivity index (χ2n) is 4.12. The van der Waals surface area contributed by atoms with Crippen LogP contribution in [0.15, 0.2) is 39.2 Å². The van der Waals surface area contributed by atoms with Gasteiger partial charge < -0.3 is 14.6 Å². The Bertz CT molecular complexity index is 540. The molecule has 1 heterocycles. The third-order valence-electron chi connectivity index (χ3n) is 2.52. The van der Waals surface area contributed by atoms with Gasteiger partial charge in [-0.2, -0.15) is 0 Å². The van der Waals surface area contributed by atoms with E-state index in [9.17, 15) is 0 Å². The first-order chi connectivity index (χ1) is 8.56. The van der Waals surface area contributed by atoms with E-state index in [1.807, 2.05) is 32.3 Å². The van der Waals surface area contributed by atoms with Crippen molar-refractivity contribution in [2.75, 3.05) is 24.3 Å². The number of nitrogens with zero attached hydrogens (tertiary/aromatic N) is 1. The molecule has 0 amide bonds. The number of benzene rings is 1. The van der Waals surface area contributed by atoms with E-state index >= 15 is 0 Å². The molecule has 0 unspecified atom stereocenters. The predicted octanol–water partition coefficient (Wildman–Crippen LogP) is 4.32. The highest BCUT2D eigenvalue weighted by molar-refractivity contribution is 14.1. The number of furan rings is 1. The fraction of sp³-hybridized carbons (Fsp3) is 0.231. The number of hydrogen-bond donors (Lipinski definition) is 1. The quantitative estimate of drug-likeness (QED) is 0.746. The first-order valence-electron chi connectivity index (χ1n) is 5.51. The molecule has 96 valence electrons. The molecule has 0 aliphatic heterocycles. The van der Waals surface area contributed by atoms with Crippen molar-refractivity contribution in [1.29, 1.82) is 0 Å². The lowest BCUT2D eigenvalue weighted by Gasteiger charge is -2.18. The van der Waals surface area contributed by atoms with Crippen molar-refractivity contribution in [3.63, 3.8) is 0 Å². The molecule has 1 aromatic heterocycles. The van der Waals surface area contributed by atoms with Crippen LogP contribution in [-0.4, -0.2) is 14.1 Å². The van der Waals surface area contributed by atoms with Gasteiger partial charge in [0.2, 0.25) is 0 Å². The Morgan fingerprint density at radius 1 is 1.28 bits per heavy atom. The molecule has 0 radical (unpaired) electrons. The maximum atomic E-state index is 5.53. The normalized spacial score (nSPS) is 10.4. The number of hydrogen-bond acceptors (Lipinski definition) is 3. The predicted molar refractivity (Wildman–Crippen MR) is 87.2 cm³/mol.